The summed E-state index contributed by atoms with van der Waals surface area (Å²) in [6, 6.07) is 4.94. The van der Waals surface area contributed by atoms with Crippen LogP contribution >= 0.6 is 0 Å². The molecule has 82 valence electrons. The maximum absolute atomic E-state index is 12.3. The van der Waals surface area contributed by atoms with Crippen molar-refractivity contribution in [1.82, 2.24) is 0 Å². The molecule has 1 fully saturated rings. The molecule has 0 aromatic heterocycles. The third-order valence-corrected chi connectivity index (χ3v) is 2.70. The highest BCUT2D eigenvalue weighted by Gasteiger charge is 2.38. The Morgan fingerprint density at radius 3 is 2.33 bits per heavy atom. The van der Waals surface area contributed by atoms with Crippen molar-refractivity contribution in [3.05, 3.63) is 35.4 Å². The molecule has 1 aliphatic rings. The molecular formula is C11H11F3O. The molecule has 0 radical (unpaired) electrons. The Hall–Kier alpha value is -1.03. The number of halogens is 3. The first-order valence-corrected chi connectivity index (χ1v) is 4.67. The summed E-state index contributed by atoms with van der Waals surface area (Å²) in [7, 11) is 0. The SMILES string of the molecule is [2H]C(O)C1CC1c1ccc(C(F)(F)F)cc1. The van der Waals surface area contributed by atoms with Crippen LogP contribution in [0.3, 0.4) is 0 Å². The summed E-state index contributed by atoms with van der Waals surface area (Å²) in [4.78, 5) is 0. The Morgan fingerprint density at radius 1 is 1.33 bits per heavy atom. The highest BCUT2D eigenvalue weighted by atomic mass is 19.4. The molecule has 1 aliphatic carbocycles. The van der Waals surface area contributed by atoms with Crippen molar-refractivity contribution in [2.24, 2.45) is 5.92 Å². The summed E-state index contributed by atoms with van der Waals surface area (Å²) < 4.78 is 43.9. The minimum atomic E-state index is -4.31. The first kappa shape index (κ1) is 9.21. The van der Waals surface area contributed by atoms with Gasteiger partial charge in [-0.25, -0.2) is 0 Å². The minimum Gasteiger partial charge on any atom is -0.396 e. The molecule has 4 heteroatoms. The lowest BCUT2D eigenvalue weighted by atomic mass is 10.1. The largest absolute Gasteiger partial charge is 0.416 e. The van der Waals surface area contributed by atoms with Gasteiger partial charge in [-0.05, 0) is 36.0 Å². The van der Waals surface area contributed by atoms with Gasteiger partial charge in [-0.2, -0.15) is 13.2 Å². The fraction of sp³-hybridized carbons (Fsp3) is 0.455. The van der Waals surface area contributed by atoms with Crippen LogP contribution in [0.15, 0.2) is 24.3 Å². The first-order valence-electron chi connectivity index (χ1n) is 5.25. The third-order valence-electron chi connectivity index (χ3n) is 2.70. The summed E-state index contributed by atoms with van der Waals surface area (Å²) in [6.07, 6.45) is -3.63. The minimum absolute atomic E-state index is 0.0368. The molecule has 0 aliphatic heterocycles. The summed E-state index contributed by atoms with van der Waals surface area (Å²) in [5.41, 5.74) is 0.101. The van der Waals surface area contributed by atoms with Gasteiger partial charge < -0.3 is 5.11 Å². The smallest absolute Gasteiger partial charge is 0.396 e. The summed E-state index contributed by atoms with van der Waals surface area (Å²) >= 11 is 0. The summed E-state index contributed by atoms with van der Waals surface area (Å²) in [5.74, 6) is -0.0912. The molecule has 1 aromatic carbocycles. The van der Waals surface area contributed by atoms with Gasteiger partial charge in [-0.1, -0.05) is 12.1 Å². The molecular weight excluding hydrogens is 205 g/mol. The lowest BCUT2D eigenvalue weighted by Gasteiger charge is -2.07. The molecule has 3 atom stereocenters. The molecule has 0 heterocycles. The van der Waals surface area contributed by atoms with E-state index in [-0.39, 0.29) is 11.8 Å². The van der Waals surface area contributed by atoms with Gasteiger partial charge in [0.25, 0.3) is 0 Å². The molecule has 15 heavy (non-hydrogen) atoms. The number of aliphatic hydroxyl groups is 1. The second-order valence-corrected chi connectivity index (χ2v) is 3.77. The molecule has 0 bridgehead atoms. The standard InChI is InChI=1S/C11H11F3O/c12-11(13,14)9-3-1-7(2-4-9)10-5-8(10)6-15/h1-4,8,10,15H,5-6H2/i6D. The topological polar surface area (TPSA) is 20.2 Å². The van der Waals surface area contributed by atoms with Crippen LogP contribution in [-0.2, 0) is 6.18 Å². The number of benzene rings is 1. The molecule has 0 saturated heterocycles. The summed E-state index contributed by atoms with van der Waals surface area (Å²) in [5, 5.41) is 8.99. The number of rotatable bonds is 2. The zero-order valence-electron chi connectivity index (χ0n) is 8.83. The van der Waals surface area contributed by atoms with Gasteiger partial charge in [0.1, 0.15) is 0 Å². The van der Waals surface area contributed by atoms with Crippen molar-refractivity contribution >= 4 is 0 Å². The molecule has 2 rings (SSSR count). The molecule has 3 unspecified atom stereocenters. The van der Waals surface area contributed by atoms with Crippen molar-refractivity contribution < 1.29 is 19.6 Å². The highest BCUT2D eigenvalue weighted by molar-refractivity contribution is 5.30. The van der Waals surface area contributed by atoms with Crippen LogP contribution < -0.4 is 0 Å². The number of hydrogen-bond donors (Lipinski definition) is 1. The van der Waals surface area contributed by atoms with E-state index in [4.69, 9.17) is 6.48 Å². The van der Waals surface area contributed by atoms with Crippen LogP contribution in [0.4, 0.5) is 13.2 Å². The fourth-order valence-electron chi connectivity index (χ4n) is 1.68. The Labute approximate surface area is 86.9 Å². The van der Waals surface area contributed by atoms with Crippen molar-refractivity contribution in [3.63, 3.8) is 0 Å². The predicted molar refractivity (Wildman–Crippen MR) is 49.4 cm³/mol. The van der Waals surface area contributed by atoms with E-state index in [2.05, 4.69) is 0 Å². The Kier molecular flexibility index (Phi) is 2.16. The molecule has 1 N–H and O–H groups in total. The van der Waals surface area contributed by atoms with Crippen LogP contribution in [-0.4, -0.2) is 11.7 Å². The Balaban J connectivity index is 2.10. The molecule has 0 spiro atoms. The van der Waals surface area contributed by atoms with Gasteiger partial charge in [0, 0.05) is 6.58 Å². The van der Waals surface area contributed by atoms with Crippen molar-refractivity contribution in [1.29, 1.82) is 0 Å². The van der Waals surface area contributed by atoms with E-state index in [0.717, 1.165) is 17.7 Å². The van der Waals surface area contributed by atoms with Crippen molar-refractivity contribution in [2.45, 2.75) is 18.5 Å². The van der Waals surface area contributed by atoms with Gasteiger partial charge >= 0.3 is 6.18 Å². The maximum Gasteiger partial charge on any atom is 0.416 e. The molecule has 1 aromatic rings. The van der Waals surface area contributed by atoms with Gasteiger partial charge in [0.05, 0.1) is 6.93 Å². The van der Waals surface area contributed by atoms with E-state index in [9.17, 15) is 13.2 Å². The van der Waals surface area contributed by atoms with Crippen molar-refractivity contribution in [3.8, 4) is 0 Å². The van der Waals surface area contributed by atoms with E-state index in [1.165, 1.54) is 12.1 Å². The van der Waals surface area contributed by atoms with E-state index >= 15 is 0 Å². The molecule has 1 saturated carbocycles. The number of alkyl halides is 3. The van der Waals surface area contributed by atoms with Gasteiger partial charge in [-0.15, -0.1) is 0 Å². The monoisotopic (exact) mass is 217 g/mol. The molecule has 0 amide bonds. The zero-order chi connectivity index (χ0) is 11.9. The van der Waals surface area contributed by atoms with E-state index in [0.29, 0.717) is 6.42 Å². The lowest BCUT2D eigenvalue weighted by molar-refractivity contribution is -0.137. The quantitative estimate of drug-likeness (QED) is 0.807. The second kappa shape index (κ2) is 3.52. The van der Waals surface area contributed by atoms with Gasteiger partial charge in [-0.3, -0.25) is 0 Å². The average Bonchev–Trinajstić information content (AvgIpc) is 2.96. The van der Waals surface area contributed by atoms with Crippen LogP contribution in [0.1, 0.15) is 24.8 Å². The number of aliphatic hydroxyl groups excluding tert-OH is 1. The number of hydrogen-bond acceptors (Lipinski definition) is 1. The predicted octanol–water partition coefficient (Wildman–Crippen LogP) is 2.80. The second-order valence-electron chi connectivity index (χ2n) is 3.77. The van der Waals surface area contributed by atoms with Crippen LogP contribution in [0.5, 0.6) is 0 Å². The van der Waals surface area contributed by atoms with Crippen LogP contribution in [0.25, 0.3) is 0 Å². The van der Waals surface area contributed by atoms with Crippen LogP contribution in [0, 0.1) is 5.92 Å². The summed E-state index contributed by atoms with van der Waals surface area (Å²) in [6.45, 7) is -1.13. The highest BCUT2D eigenvalue weighted by Crippen LogP contribution is 2.47. The maximum atomic E-state index is 12.3. The Morgan fingerprint density at radius 2 is 1.93 bits per heavy atom. The first-order chi connectivity index (χ1) is 7.39. The van der Waals surface area contributed by atoms with Gasteiger partial charge in [0.2, 0.25) is 0 Å². The molecule has 1 nitrogen and oxygen atoms in total. The fourth-order valence-corrected chi connectivity index (χ4v) is 1.68. The van der Waals surface area contributed by atoms with E-state index in [1.54, 1.807) is 0 Å². The Bertz CT molecular complexity index is 372. The normalized spacial score (nSPS) is 28.4. The zero-order valence-corrected chi connectivity index (χ0v) is 7.83. The van der Waals surface area contributed by atoms with Crippen LogP contribution in [0.2, 0.25) is 0 Å². The van der Waals surface area contributed by atoms with Gasteiger partial charge in [0.15, 0.2) is 0 Å². The van der Waals surface area contributed by atoms with E-state index in [1.807, 2.05) is 0 Å². The van der Waals surface area contributed by atoms with E-state index < -0.39 is 18.3 Å². The van der Waals surface area contributed by atoms with Crippen molar-refractivity contribution in [2.75, 3.05) is 6.58 Å². The lowest BCUT2D eigenvalue weighted by Crippen LogP contribution is -2.04. The third kappa shape index (κ3) is 2.15. The average molecular weight is 217 g/mol.